The van der Waals surface area contributed by atoms with E-state index in [4.69, 9.17) is 10.5 Å². The molecule has 1 rings (SSSR count). The van der Waals surface area contributed by atoms with Crippen molar-refractivity contribution in [3.05, 3.63) is 29.8 Å². The van der Waals surface area contributed by atoms with Crippen LogP contribution in [0, 0.1) is 0 Å². The molecule has 4 heteroatoms. The number of benzene rings is 1. The van der Waals surface area contributed by atoms with Crippen molar-refractivity contribution in [2.45, 2.75) is 26.4 Å². The fraction of sp³-hybridized carbons (Fsp3) is 0.462. The predicted molar refractivity (Wildman–Crippen MR) is 68.7 cm³/mol. The Morgan fingerprint density at radius 1 is 1.41 bits per heavy atom. The maximum Gasteiger partial charge on any atom is 0.248 e. The highest BCUT2D eigenvalue weighted by Crippen LogP contribution is 2.05. The molecule has 1 aromatic rings. The van der Waals surface area contributed by atoms with Crippen molar-refractivity contribution in [3.63, 3.8) is 0 Å². The molecule has 0 spiro atoms. The van der Waals surface area contributed by atoms with Gasteiger partial charge in [-0.3, -0.25) is 4.79 Å². The Bertz CT molecular complexity index is 349. The van der Waals surface area contributed by atoms with E-state index < -0.39 is 0 Å². The number of amides is 1. The summed E-state index contributed by atoms with van der Waals surface area (Å²) >= 11 is 0. The van der Waals surface area contributed by atoms with E-state index in [0.29, 0.717) is 13.2 Å². The van der Waals surface area contributed by atoms with Crippen LogP contribution in [0.2, 0.25) is 0 Å². The predicted octanol–water partition coefficient (Wildman–Crippen LogP) is 1.35. The molecule has 0 aliphatic rings. The third-order valence-corrected chi connectivity index (χ3v) is 2.48. The van der Waals surface area contributed by atoms with Crippen molar-refractivity contribution in [3.8, 4) is 0 Å². The number of carbonyl (C=O) groups excluding carboxylic acids is 1. The highest BCUT2D eigenvalue weighted by atomic mass is 16.5. The van der Waals surface area contributed by atoms with Crippen molar-refractivity contribution in [1.82, 2.24) is 5.32 Å². The van der Waals surface area contributed by atoms with Gasteiger partial charge in [0.05, 0.1) is 0 Å². The number of hydrogen-bond acceptors (Lipinski definition) is 3. The lowest BCUT2D eigenvalue weighted by Gasteiger charge is -2.11. The first-order valence-corrected chi connectivity index (χ1v) is 5.87. The van der Waals surface area contributed by atoms with Crippen molar-refractivity contribution in [2.75, 3.05) is 18.9 Å². The zero-order chi connectivity index (χ0) is 12.7. The molecule has 0 radical (unpaired) electrons. The summed E-state index contributed by atoms with van der Waals surface area (Å²) in [5, 5.41) is 2.84. The fourth-order valence-electron chi connectivity index (χ4n) is 1.48. The molecule has 0 fully saturated rings. The quantitative estimate of drug-likeness (QED) is 0.733. The van der Waals surface area contributed by atoms with Gasteiger partial charge in [0.2, 0.25) is 5.91 Å². The average Bonchev–Trinajstić information content (AvgIpc) is 2.32. The van der Waals surface area contributed by atoms with Crippen LogP contribution < -0.4 is 11.1 Å². The van der Waals surface area contributed by atoms with E-state index >= 15 is 0 Å². The van der Waals surface area contributed by atoms with Gasteiger partial charge in [0, 0.05) is 18.8 Å². The summed E-state index contributed by atoms with van der Waals surface area (Å²) < 4.78 is 5.19. The first-order valence-electron chi connectivity index (χ1n) is 5.87. The molecule has 0 saturated heterocycles. The topological polar surface area (TPSA) is 64.3 Å². The van der Waals surface area contributed by atoms with Crippen LogP contribution in [-0.4, -0.2) is 25.2 Å². The summed E-state index contributed by atoms with van der Waals surface area (Å²) in [7, 11) is 0. The lowest BCUT2D eigenvalue weighted by atomic mass is 10.1. The van der Waals surface area contributed by atoms with Gasteiger partial charge in [-0.25, -0.2) is 0 Å². The van der Waals surface area contributed by atoms with Crippen LogP contribution >= 0.6 is 0 Å². The van der Waals surface area contributed by atoms with Crippen LogP contribution in [0.3, 0.4) is 0 Å². The number of nitrogens with one attached hydrogen (secondary N) is 1. The molecular weight excluding hydrogens is 216 g/mol. The van der Waals surface area contributed by atoms with E-state index in [1.807, 2.05) is 31.2 Å². The van der Waals surface area contributed by atoms with Crippen LogP contribution in [0.1, 0.15) is 19.4 Å². The summed E-state index contributed by atoms with van der Waals surface area (Å²) in [6, 6.07) is 7.65. The first-order chi connectivity index (χ1) is 8.13. The van der Waals surface area contributed by atoms with Crippen molar-refractivity contribution >= 4 is 11.6 Å². The fourth-order valence-corrected chi connectivity index (χ4v) is 1.48. The maximum absolute atomic E-state index is 11.5. The Labute approximate surface area is 102 Å². The van der Waals surface area contributed by atoms with Gasteiger partial charge in [-0.1, -0.05) is 12.1 Å². The molecule has 4 nitrogen and oxygen atoms in total. The van der Waals surface area contributed by atoms with Crippen LogP contribution in [-0.2, 0) is 16.0 Å². The molecule has 1 amide bonds. The van der Waals surface area contributed by atoms with E-state index in [2.05, 4.69) is 5.32 Å². The van der Waals surface area contributed by atoms with Crippen LogP contribution in [0.5, 0.6) is 0 Å². The second-order valence-corrected chi connectivity index (χ2v) is 3.88. The van der Waals surface area contributed by atoms with Crippen LogP contribution in [0.25, 0.3) is 0 Å². The lowest BCUT2D eigenvalue weighted by Crippen LogP contribution is -2.35. The number of nitrogens with two attached hydrogens (primary N) is 1. The Morgan fingerprint density at radius 3 is 2.65 bits per heavy atom. The molecule has 0 aliphatic carbocycles. The summed E-state index contributed by atoms with van der Waals surface area (Å²) in [5.74, 6) is -0.0673. The smallest absolute Gasteiger partial charge is 0.248 e. The number of nitrogen functional groups attached to an aromatic ring is 1. The standard InChI is InChI=1S/C13H20N2O2/c1-3-17-10(2)13(16)15-9-8-11-4-6-12(14)7-5-11/h4-7,10H,3,8-9,14H2,1-2H3,(H,15,16). The zero-order valence-electron chi connectivity index (χ0n) is 10.4. The average molecular weight is 236 g/mol. The van der Waals surface area contributed by atoms with Crippen LogP contribution in [0.4, 0.5) is 5.69 Å². The Morgan fingerprint density at radius 2 is 2.06 bits per heavy atom. The summed E-state index contributed by atoms with van der Waals surface area (Å²) in [4.78, 5) is 11.5. The molecule has 0 aliphatic heterocycles. The molecule has 0 heterocycles. The van der Waals surface area contributed by atoms with Gasteiger partial charge in [0.15, 0.2) is 0 Å². The molecular formula is C13H20N2O2. The van der Waals surface area contributed by atoms with Gasteiger partial charge < -0.3 is 15.8 Å². The second kappa shape index (κ2) is 6.91. The van der Waals surface area contributed by atoms with Gasteiger partial charge in [-0.15, -0.1) is 0 Å². The number of rotatable bonds is 6. The first kappa shape index (κ1) is 13.5. The molecule has 94 valence electrons. The second-order valence-electron chi connectivity index (χ2n) is 3.88. The largest absolute Gasteiger partial charge is 0.399 e. The molecule has 17 heavy (non-hydrogen) atoms. The van der Waals surface area contributed by atoms with Gasteiger partial charge in [-0.05, 0) is 38.0 Å². The minimum Gasteiger partial charge on any atom is -0.399 e. The molecule has 1 aromatic carbocycles. The summed E-state index contributed by atoms with van der Waals surface area (Å²) in [6.07, 6.45) is 0.414. The highest BCUT2D eigenvalue weighted by molar-refractivity contribution is 5.80. The zero-order valence-corrected chi connectivity index (χ0v) is 10.4. The molecule has 0 aromatic heterocycles. The van der Waals surface area contributed by atoms with Crippen molar-refractivity contribution in [2.24, 2.45) is 0 Å². The maximum atomic E-state index is 11.5. The van der Waals surface area contributed by atoms with Crippen molar-refractivity contribution < 1.29 is 9.53 Å². The molecule has 0 saturated carbocycles. The molecule has 1 atom stereocenters. The molecule has 1 unspecified atom stereocenters. The van der Waals surface area contributed by atoms with E-state index in [-0.39, 0.29) is 12.0 Å². The number of ether oxygens (including phenoxy) is 1. The monoisotopic (exact) mass is 236 g/mol. The van der Waals surface area contributed by atoms with E-state index in [9.17, 15) is 4.79 Å². The van der Waals surface area contributed by atoms with E-state index in [1.165, 1.54) is 0 Å². The molecule has 0 bridgehead atoms. The van der Waals surface area contributed by atoms with Gasteiger partial charge in [-0.2, -0.15) is 0 Å². The highest BCUT2D eigenvalue weighted by Gasteiger charge is 2.10. The third kappa shape index (κ3) is 4.87. The van der Waals surface area contributed by atoms with Crippen LogP contribution in [0.15, 0.2) is 24.3 Å². The van der Waals surface area contributed by atoms with E-state index in [0.717, 1.165) is 17.7 Å². The minimum absolute atomic E-state index is 0.0673. The van der Waals surface area contributed by atoms with Crippen molar-refractivity contribution in [1.29, 1.82) is 0 Å². The minimum atomic E-state index is -0.383. The lowest BCUT2D eigenvalue weighted by molar-refractivity contribution is -0.131. The van der Waals surface area contributed by atoms with Gasteiger partial charge in [0.1, 0.15) is 6.10 Å². The normalized spacial score (nSPS) is 12.1. The third-order valence-electron chi connectivity index (χ3n) is 2.48. The van der Waals surface area contributed by atoms with Gasteiger partial charge in [0.25, 0.3) is 0 Å². The number of carbonyl (C=O) groups is 1. The number of hydrogen-bond donors (Lipinski definition) is 2. The number of anilines is 1. The van der Waals surface area contributed by atoms with Gasteiger partial charge >= 0.3 is 0 Å². The molecule has 3 N–H and O–H groups in total. The van der Waals surface area contributed by atoms with E-state index in [1.54, 1.807) is 6.92 Å². The Hall–Kier alpha value is -1.55. The summed E-state index contributed by atoms with van der Waals surface area (Å²) in [5.41, 5.74) is 7.50. The SMILES string of the molecule is CCOC(C)C(=O)NCCc1ccc(N)cc1. The Kier molecular flexibility index (Phi) is 5.49. The Balaban J connectivity index is 2.28. The summed E-state index contributed by atoms with van der Waals surface area (Å²) in [6.45, 7) is 4.78.